The van der Waals surface area contributed by atoms with Gasteiger partial charge in [-0.1, -0.05) is 0 Å². The number of fused-ring (bicyclic) bond motifs is 2. The highest BCUT2D eigenvalue weighted by molar-refractivity contribution is 5.69. The van der Waals surface area contributed by atoms with Gasteiger partial charge in [0, 0.05) is 6.61 Å². The molecule has 0 N–H and O–H groups in total. The zero-order valence-corrected chi connectivity index (χ0v) is 14.9. The standard InChI is InChI=1S/C19H30O5/c1-18-6-3-13(9-15(18)23-18)11-21-8-5-17(20)22-12-14-4-7-19(2)16(10-14)24-19/h13-16H,3-12H2,1-2H3. The lowest BCUT2D eigenvalue weighted by atomic mass is 9.83. The third-order valence-corrected chi connectivity index (χ3v) is 6.55. The second-order valence-electron chi connectivity index (χ2n) is 8.63. The van der Waals surface area contributed by atoms with Gasteiger partial charge in [0.25, 0.3) is 0 Å². The van der Waals surface area contributed by atoms with Crippen LogP contribution in [0, 0.1) is 11.8 Å². The molecule has 0 radical (unpaired) electrons. The fraction of sp³-hybridized carbons (Fsp3) is 0.947. The number of esters is 1. The van der Waals surface area contributed by atoms with E-state index in [4.69, 9.17) is 18.9 Å². The summed E-state index contributed by atoms with van der Waals surface area (Å²) in [7, 11) is 0. The first-order chi connectivity index (χ1) is 11.5. The van der Waals surface area contributed by atoms with Crippen molar-refractivity contribution in [2.24, 2.45) is 11.8 Å². The molecule has 136 valence electrons. The smallest absolute Gasteiger partial charge is 0.308 e. The SMILES string of the molecule is CC12CCC(COCCC(=O)OCC3CCC4(C)OC4C3)CC1O2. The molecule has 5 nitrogen and oxygen atoms in total. The summed E-state index contributed by atoms with van der Waals surface area (Å²) in [6.07, 6.45) is 7.82. The first-order valence-corrected chi connectivity index (χ1v) is 9.56. The van der Waals surface area contributed by atoms with Crippen LogP contribution in [0.2, 0.25) is 0 Å². The van der Waals surface area contributed by atoms with E-state index < -0.39 is 0 Å². The molecule has 2 aliphatic carbocycles. The van der Waals surface area contributed by atoms with Crippen molar-refractivity contribution < 1.29 is 23.7 Å². The first kappa shape index (κ1) is 16.8. The lowest BCUT2D eigenvalue weighted by molar-refractivity contribution is -0.146. The predicted octanol–water partition coefficient (Wildman–Crippen LogP) is 2.85. The minimum absolute atomic E-state index is 0.135. The number of hydrogen-bond donors (Lipinski definition) is 0. The maximum Gasteiger partial charge on any atom is 0.308 e. The van der Waals surface area contributed by atoms with Crippen LogP contribution in [-0.2, 0) is 23.7 Å². The topological polar surface area (TPSA) is 60.6 Å². The van der Waals surface area contributed by atoms with Crippen molar-refractivity contribution in [2.75, 3.05) is 19.8 Å². The third-order valence-electron chi connectivity index (χ3n) is 6.55. The maximum atomic E-state index is 11.8. The molecule has 0 spiro atoms. The summed E-state index contributed by atoms with van der Waals surface area (Å²) in [5, 5.41) is 0. The molecule has 0 bridgehead atoms. The summed E-state index contributed by atoms with van der Waals surface area (Å²) in [6.45, 7) is 6.12. The van der Waals surface area contributed by atoms with Gasteiger partial charge in [-0.05, 0) is 64.2 Å². The predicted molar refractivity (Wildman–Crippen MR) is 87.6 cm³/mol. The summed E-state index contributed by atoms with van der Waals surface area (Å²) in [5.74, 6) is 0.906. The molecule has 4 rings (SSSR count). The van der Waals surface area contributed by atoms with Gasteiger partial charge in [-0.25, -0.2) is 0 Å². The van der Waals surface area contributed by atoms with Gasteiger partial charge >= 0.3 is 5.97 Å². The van der Waals surface area contributed by atoms with Crippen LogP contribution < -0.4 is 0 Å². The zero-order valence-electron chi connectivity index (χ0n) is 14.9. The quantitative estimate of drug-likeness (QED) is 0.406. The zero-order chi connectivity index (χ0) is 16.8. The Morgan fingerprint density at radius 2 is 1.58 bits per heavy atom. The fourth-order valence-corrected chi connectivity index (χ4v) is 4.43. The van der Waals surface area contributed by atoms with E-state index in [0.29, 0.717) is 43.7 Å². The monoisotopic (exact) mass is 338 g/mol. The highest BCUT2D eigenvalue weighted by Crippen LogP contribution is 2.50. The molecule has 6 unspecified atom stereocenters. The van der Waals surface area contributed by atoms with E-state index in [9.17, 15) is 4.79 Å². The Bertz CT molecular complexity index is 494. The second-order valence-corrected chi connectivity index (χ2v) is 8.63. The first-order valence-electron chi connectivity index (χ1n) is 9.56. The Morgan fingerprint density at radius 3 is 2.17 bits per heavy atom. The van der Waals surface area contributed by atoms with Crippen molar-refractivity contribution in [1.29, 1.82) is 0 Å². The van der Waals surface area contributed by atoms with Crippen LogP contribution in [0.5, 0.6) is 0 Å². The van der Waals surface area contributed by atoms with Crippen LogP contribution in [0.25, 0.3) is 0 Å². The van der Waals surface area contributed by atoms with Crippen LogP contribution in [-0.4, -0.2) is 49.2 Å². The second kappa shape index (κ2) is 6.26. The van der Waals surface area contributed by atoms with Crippen molar-refractivity contribution in [3.05, 3.63) is 0 Å². The molecular formula is C19H30O5. The minimum Gasteiger partial charge on any atom is -0.465 e. The molecule has 2 saturated heterocycles. The fourth-order valence-electron chi connectivity index (χ4n) is 4.43. The van der Waals surface area contributed by atoms with Gasteiger partial charge in [0.1, 0.15) is 0 Å². The molecule has 4 fully saturated rings. The largest absolute Gasteiger partial charge is 0.465 e. The molecule has 0 aromatic carbocycles. The Kier molecular flexibility index (Phi) is 4.38. The lowest BCUT2D eigenvalue weighted by Crippen LogP contribution is -2.26. The normalized spacial score (nSPS) is 45.9. The van der Waals surface area contributed by atoms with Crippen molar-refractivity contribution in [1.82, 2.24) is 0 Å². The molecule has 0 amide bonds. The number of hydrogen-bond acceptors (Lipinski definition) is 5. The van der Waals surface area contributed by atoms with Gasteiger partial charge in [-0.2, -0.15) is 0 Å². The van der Waals surface area contributed by atoms with Gasteiger partial charge < -0.3 is 18.9 Å². The molecule has 5 heteroatoms. The van der Waals surface area contributed by atoms with E-state index in [0.717, 1.165) is 38.7 Å². The highest BCUT2D eigenvalue weighted by Gasteiger charge is 2.55. The van der Waals surface area contributed by atoms with Crippen molar-refractivity contribution >= 4 is 5.97 Å². The summed E-state index contributed by atoms with van der Waals surface area (Å²) in [4.78, 5) is 11.8. The van der Waals surface area contributed by atoms with E-state index in [-0.39, 0.29) is 17.2 Å². The number of carbonyl (C=O) groups excluding carboxylic acids is 1. The average molecular weight is 338 g/mol. The number of epoxide rings is 2. The summed E-state index contributed by atoms with van der Waals surface area (Å²) in [5.41, 5.74) is 0.304. The van der Waals surface area contributed by atoms with Gasteiger partial charge in [0.15, 0.2) is 0 Å². The van der Waals surface area contributed by atoms with Crippen LogP contribution in [0.4, 0.5) is 0 Å². The summed E-state index contributed by atoms with van der Waals surface area (Å²) in [6, 6.07) is 0. The van der Waals surface area contributed by atoms with Crippen LogP contribution >= 0.6 is 0 Å². The van der Waals surface area contributed by atoms with Gasteiger partial charge in [0.2, 0.25) is 0 Å². The molecule has 6 atom stereocenters. The molecule has 2 saturated carbocycles. The summed E-state index contributed by atoms with van der Waals surface area (Å²) >= 11 is 0. The number of carbonyl (C=O) groups is 1. The van der Waals surface area contributed by atoms with Gasteiger partial charge in [-0.15, -0.1) is 0 Å². The van der Waals surface area contributed by atoms with E-state index in [1.54, 1.807) is 0 Å². The van der Waals surface area contributed by atoms with Gasteiger partial charge in [0.05, 0.1) is 43.0 Å². The summed E-state index contributed by atoms with van der Waals surface area (Å²) < 4.78 is 22.5. The van der Waals surface area contributed by atoms with Crippen molar-refractivity contribution in [3.8, 4) is 0 Å². The van der Waals surface area contributed by atoms with E-state index in [1.807, 2.05) is 0 Å². The van der Waals surface area contributed by atoms with Crippen molar-refractivity contribution in [2.45, 2.75) is 82.2 Å². The van der Waals surface area contributed by atoms with Gasteiger partial charge in [-0.3, -0.25) is 4.79 Å². The molecule has 2 aliphatic heterocycles. The third kappa shape index (κ3) is 3.63. The highest BCUT2D eigenvalue weighted by atomic mass is 16.6. The molecule has 4 aliphatic rings. The number of rotatable bonds is 7. The Labute approximate surface area is 144 Å². The Morgan fingerprint density at radius 1 is 1.00 bits per heavy atom. The number of ether oxygens (including phenoxy) is 4. The Balaban J connectivity index is 1.04. The molecular weight excluding hydrogens is 308 g/mol. The van der Waals surface area contributed by atoms with Crippen LogP contribution in [0.15, 0.2) is 0 Å². The minimum atomic E-state index is -0.137. The van der Waals surface area contributed by atoms with E-state index in [2.05, 4.69) is 13.8 Å². The average Bonchev–Trinajstić information content (AvgIpc) is 3.42. The van der Waals surface area contributed by atoms with Crippen LogP contribution in [0.3, 0.4) is 0 Å². The van der Waals surface area contributed by atoms with Crippen LogP contribution in [0.1, 0.15) is 58.8 Å². The molecule has 2 heterocycles. The molecule has 0 aromatic rings. The van der Waals surface area contributed by atoms with Crippen molar-refractivity contribution in [3.63, 3.8) is 0 Å². The lowest BCUT2D eigenvalue weighted by Gasteiger charge is -2.22. The van der Waals surface area contributed by atoms with E-state index >= 15 is 0 Å². The van der Waals surface area contributed by atoms with E-state index in [1.165, 1.54) is 6.42 Å². The maximum absolute atomic E-state index is 11.8. The Hall–Kier alpha value is -0.650. The molecule has 0 aromatic heterocycles. The molecule has 24 heavy (non-hydrogen) atoms.